The number of amides is 1. The first kappa shape index (κ1) is 21.3. The highest BCUT2D eigenvalue weighted by Crippen LogP contribution is 2.28. The van der Waals surface area contributed by atoms with E-state index in [1.54, 1.807) is 7.11 Å². The number of halogens is 1. The van der Waals surface area contributed by atoms with E-state index in [0.29, 0.717) is 17.4 Å². The number of ether oxygens (including phenoxy) is 2. The smallest absolute Gasteiger partial charge is 0.260 e. The molecule has 5 nitrogen and oxygen atoms in total. The second kappa shape index (κ2) is 11.0. The summed E-state index contributed by atoms with van der Waals surface area (Å²) in [6.45, 7) is 4.66. The van der Waals surface area contributed by atoms with E-state index in [4.69, 9.17) is 9.47 Å². The lowest BCUT2D eigenvalue weighted by Gasteiger charge is -2.31. The molecule has 1 aromatic rings. The molecule has 2 rings (SSSR count). The number of nitrogens with zero attached hydrogens (tertiary/aromatic N) is 1. The molecule has 1 N–H and O–H groups in total. The first-order valence-corrected chi connectivity index (χ1v) is 8.53. The zero-order valence-electron chi connectivity index (χ0n) is 15.3. The molecule has 1 fully saturated rings. The van der Waals surface area contributed by atoms with E-state index in [0.717, 1.165) is 38.0 Å². The van der Waals surface area contributed by atoms with Gasteiger partial charge in [-0.1, -0.05) is 18.2 Å². The highest BCUT2D eigenvalue weighted by atomic mass is 35.5. The van der Waals surface area contributed by atoms with Gasteiger partial charge in [0.25, 0.3) is 5.91 Å². The minimum atomic E-state index is 0. The number of carbonyl (C=O) groups is 1. The highest BCUT2D eigenvalue weighted by molar-refractivity contribution is 5.85. The Morgan fingerprint density at radius 1 is 1.32 bits per heavy atom. The first-order valence-electron chi connectivity index (χ1n) is 8.53. The minimum Gasteiger partial charge on any atom is -0.493 e. The van der Waals surface area contributed by atoms with Crippen LogP contribution in [0.1, 0.15) is 25.3 Å². The van der Waals surface area contributed by atoms with Gasteiger partial charge in [0.15, 0.2) is 18.1 Å². The highest BCUT2D eigenvalue weighted by Gasteiger charge is 2.22. The Hall–Kier alpha value is -1.72. The molecule has 140 valence electrons. The Labute approximate surface area is 156 Å². The van der Waals surface area contributed by atoms with Gasteiger partial charge < -0.3 is 19.7 Å². The van der Waals surface area contributed by atoms with Crippen molar-refractivity contribution in [2.24, 2.45) is 5.92 Å². The van der Waals surface area contributed by atoms with Crippen LogP contribution in [0.5, 0.6) is 11.5 Å². The Kier molecular flexibility index (Phi) is 9.39. The predicted octanol–water partition coefficient (Wildman–Crippen LogP) is 2.99. The van der Waals surface area contributed by atoms with Crippen LogP contribution in [-0.4, -0.2) is 51.2 Å². The molecule has 1 aromatic carbocycles. The zero-order chi connectivity index (χ0) is 17.4. The first-order chi connectivity index (χ1) is 11.7. The van der Waals surface area contributed by atoms with Gasteiger partial charge in [0.2, 0.25) is 0 Å². The number of carbonyl (C=O) groups excluding carboxylic acids is 1. The fourth-order valence-electron chi connectivity index (χ4n) is 3.01. The quantitative estimate of drug-likeness (QED) is 0.803. The summed E-state index contributed by atoms with van der Waals surface area (Å²) in [5.74, 6) is 1.95. The standard InChI is InChI=1S/C19H28N2O3.ClH/c1-4-5-15-6-7-17(18(12-15)23-3)24-14-19(22)21-10-8-16(9-11-21)13-20-2;/h4-7,12,16,20H,8-11,13-14H2,1-3H3;1H/b5-4+;. The van der Waals surface area contributed by atoms with Crippen LogP contribution < -0.4 is 14.8 Å². The minimum absolute atomic E-state index is 0. The molecule has 1 amide bonds. The molecule has 1 heterocycles. The van der Waals surface area contributed by atoms with Crippen molar-refractivity contribution in [3.63, 3.8) is 0 Å². The van der Waals surface area contributed by atoms with E-state index in [1.807, 2.05) is 49.2 Å². The number of rotatable bonds is 7. The van der Waals surface area contributed by atoms with Crippen LogP contribution >= 0.6 is 12.4 Å². The number of nitrogens with one attached hydrogen (secondary N) is 1. The van der Waals surface area contributed by atoms with E-state index >= 15 is 0 Å². The molecule has 0 radical (unpaired) electrons. The normalized spacial score (nSPS) is 15.1. The number of hydrogen-bond donors (Lipinski definition) is 1. The molecule has 1 aliphatic rings. The molecular weight excluding hydrogens is 340 g/mol. The number of likely N-dealkylation sites (tertiary alicyclic amines) is 1. The molecule has 0 spiro atoms. The van der Waals surface area contributed by atoms with Crippen LogP contribution in [0.2, 0.25) is 0 Å². The third-order valence-corrected chi connectivity index (χ3v) is 4.36. The van der Waals surface area contributed by atoms with Crippen LogP contribution in [0.15, 0.2) is 24.3 Å². The van der Waals surface area contributed by atoms with E-state index in [2.05, 4.69) is 5.32 Å². The van der Waals surface area contributed by atoms with Crippen molar-refractivity contribution in [2.45, 2.75) is 19.8 Å². The average Bonchev–Trinajstić information content (AvgIpc) is 2.61. The van der Waals surface area contributed by atoms with Gasteiger partial charge in [0.1, 0.15) is 0 Å². The molecule has 0 unspecified atom stereocenters. The monoisotopic (exact) mass is 368 g/mol. The fraction of sp³-hybridized carbons (Fsp3) is 0.526. The maximum atomic E-state index is 12.3. The van der Waals surface area contributed by atoms with Crippen molar-refractivity contribution in [3.05, 3.63) is 29.8 Å². The summed E-state index contributed by atoms with van der Waals surface area (Å²) in [5, 5.41) is 3.21. The lowest BCUT2D eigenvalue weighted by molar-refractivity contribution is -0.134. The molecule has 0 aliphatic carbocycles. The van der Waals surface area contributed by atoms with Crippen LogP contribution in [0.4, 0.5) is 0 Å². The van der Waals surface area contributed by atoms with Gasteiger partial charge in [-0.2, -0.15) is 0 Å². The fourth-order valence-corrected chi connectivity index (χ4v) is 3.01. The molecular formula is C19H29ClN2O3. The Bertz CT molecular complexity index is 570. The number of hydrogen-bond acceptors (Lipinski definition) is 4. The third kappa shape index (κ3) is 6.25. The van der Waals surface area contributed by atoms with Crippen molar-refractivity contribution in [1.29, 1.82) is 0 Å². The van der Waals surface area contributed by atoms with Crippen LogP contribution in [0.25, 0.3) is 6.08 Å². The van der Waals surface area contributed by atoms with Crippen molar-refractivity contribution in [2.75, 3.05) is 40.4 Å². The topological polar surface area (TPSA) is 50.8 Å². The average molecular weight is 369 g/mol. The SMILES string of the molecule is C/C=C/c1ccc(OCC(=O)N2CCC(CNC)CC2)c(OC)c1.Cl. The number of methoxy groups -OCH3 is 1. The summed E-state index contributed by atoms with van der Waals surface area (Å²) in [4.78, 5) is 14.2. The largest absolute Gasteiger partial charge is 0.493 e. The second-order valence-corrected chi connectivity index (χ2v) is 6.08. The van der Waals surface area contributed by atoms with E-state index in [9.17, 15) is 4.79 Å². The lowest BCUT2D eigenvalue weighted by atomic mass is 9.97. The second-order valence-electron chi connectivity index (χ2n) is 6.08. The van der Waals surface area contributed by atoms with Crippen molar-refractivity contribution < 1.29 is 14.3 Å². The van der Waals surface area contributed by atoms with E-state index < -0.39 is 0 Å². The number of benzene rings is 1. The molecule has 25 heavy (non-hydrogen) atoms. The summed E-state index contributed by atoms with van der Waals surface area (Å²) in [5.41, 5.74) is 1.04. The van der Waals surface area contributed by atoms with E-state index in [1.165, 1.54) is 0 Å². The van der Waals surface area contributed by atoms with Gasteiger partial charge in [-0.25, -0.2) is 0 Å². The summed E-state index contributed by atoms with van der Waals surface area (Å²) < 4.78 is 11.1. The maximum absolute atomic E-state index is 12.3. The molecule has 0 saturated carbocycles. The maximum Gasteiger partial charge on any atom is 0.260 e. The zero-order valence-corrected chi connectivity index (χ0v) is 16.1. The number of allylic oxidation sites excluding steroid dienone is 1. The van der Waals surface area contributed by atoms with Crippen molar-refractivity contribution >= 4 is 24.4 Å². The molecule has 1 aliphatic heterocycles. The third-order valence-electron chi connectivity index (χ3n) is 4.36. The van der Waals surface area contributed by atoms with Crippen LogP contribution in [-0.2, 0) is 4.79 Å². The van der Waals surface area contributed by atoms with E-state index in [-0.39, 0.29) is 24.9 Å². The van der Waals surface area contributed by atoms with Gasteiger partial charge in [-0.15, -0.1) is 12.4 Å². The van der Waals surface area contributed by atoms with Gasteiger partial charge in [-0.05, 0) is 57.0 Å². The van der Waals surface area contributed by atoms with Gasteiger partial charge >= 0.3 is 0 Å². The van der Waals surface area contributed by atoms with Crippen LogP contribution in [0.3, 0.4) is 0 Å². The van der Waals surface area contributed by atoms with Gasteiger partial charge in [-0.3, -0.25) is 4.79 Å². The van der Waals surface area contributed by atoms with Crippen molar-refractivity contribution in [3.8, 4) is 11.5 Å². The lowest BCUT2D eigenvalue weighted by Crippen LogP contribution is -2.42. The summed E-state index contributed by atoms with van der Waals surface area (Å²) in [6, 6.07) is 5.70. The summed E-state index contributed by atoms with van der Waals surface area (Å²) in [6.07, 6.45) is 6.06. The van der Waals surface area contributed by atoms with Crippen LogP contribution in [0, 0.1) is 5.92 Å². The van der Waals surface area contributed by atoms with Gasteiger partial charge in [0, 0.05) is 13.1 Å². The van der Waals surface area contributed by atoms with Crippen molar-refractivity contribution in [1.82, 2.24) is 10.2 Å². The Balaban J connectivity index is 0.00000312. The molecule has 1 saturated heterocycles. The molecule has 0 bridgehead atoms. The molecule has 6 heteroatoms. The Morgan fingerprint density at radius 2 is 2.04 bits per heavy atom. The number of piperidine rings is 1. The summed E-state index contributed by atoms with van der Waals surface area (Å²) >= 11 is 0. The molecule has 0 aromatic heterocycles. The Morgan fingerprint density at radius 3 is 2.64 bits per heavy atom. The summed E-state index contributed by atoms with van der Waals surface area (Å²) in [7, 11) is 3.58. The predicted molar refractivity (Wildman–Crippen MR) is 104 cm³/mol. The molecule has 0 atom stereocenters. The van der Waals surface area contributed by atoms with Gasteiger partial charge in [0.05, 0.1) is 7.11 Å².